The largest absolute Gasteiger partial charge is 0.573 e. The van der Waals surface area contributed by atoms with E-state index in [1.807, 2.05) is 4.90 Å². The van der Waals surface area contributed by atoms with E-state index in [9.17, 15) is 33.3 Å². The summed E-state index contributed by atoms with van der Waals surface area (Å²) in [6.45, 7) is 2.07. The molecule has 0 unspecified atom stereocenters. The van der Waals surface area contributed by atoms with Crippen LogP contribution in [0.25, 0.3) is 10.2 Å². The standard InChI is InChI=1S/C20H26F3N3O5S/c1-2-16(28)24-13-9-26(14(10-27)19(30)18(13)29)7-3-4-17-25-12-8-11(31-20(21,22)23)5-6-15(12)32-17/h5-6,8,13-14,18-19,27,29-30H,2-4,7,9-10H2,1H3,(H,24,28)/t13-,14+,18+,19+/m0/s1. The molecule has 0 bridgehead atoms. The van der Waals surface area contributed by atoms with Crippen molar-refractivity contribution >= 4 is 27.5 Å². The van der Waals surface area contributed by atoms with Gasteiger partial charge in [0.15, 0.2) is 0 Å². The molecule has 2 heterocycles. The average Bonchev–Trinajstić information content (AvgIpc) is 3.12. The highest BCUT2D eigenvalue weighted by Crippen LogP contribution is 2.30. The number of hydrogen-bond acceptors (Lipinski definition) is 8. The van der Waals surface area contributed by atoms with E-state index in [4.69, 9.17) is 0 Å². The number of likely N-dealkylation sites (tertiary alicyclic amines) is 1. The maximum atomic E-state index is 12.4. The van der Waals surface area contributed by atoms with Gasteiger partial charge in [-0.3, -0.25) is 9.69 Å². The number of aryl methyl sites for hydroxylation is 1. The van der Waals surface area contributed by atoms with Gasteiger partial charge in [-0.1, -0.05) is 6.92 Å². The number of hydrogen-bond donors (Lipinski definition) is 4. The predicted molar refractivity (Wildman–Crippen MR) is 111 cm³/mol. The number of fused-ring (bicyclic) bond motifs is 1. The first-order valence-corrected chi connectivity index (χ1v) is 11.1. The van der Waals surface area contributed by atoms with Gasteiger partial charge in [-0.15, -0.1) is 24.5 Å². The lowest BCUT2D eigenvalue weighted by Gasteiger charge is -2.45. The number of nitrogens with one attached hydrogen (secondary N) is 1. The Balaban J connectivity index is 1.62. The lowest BCUT2D eigenvalue weighted by molar-refractivity contribution is -0.274. The number of halogens is 3. The van der Waals surface area contributed by atoms with Crippen LogP contribution >= 0.6 is 11.3 Å². The topological polar surface area (TPSA) is 115 Å². The molecule has 0 radical (unpaired) electrons. The fourth-order valence-electron chi connectivity index (χ4n) is 3.79. The molecule has 4 N–H and O–H groups in total. The molecule has 4 atom stereocenters. The molecule has 1 fully saturated rings. The maximum Gasteiger partial charge on any atom is 0.573 e. The third-order valence-corrected chi connectivity index (χ3v) is 6.48. The first-order chi connectivity index (χ1) is 15.1. The number of piperidine rings is 1. The Bertz CT molecular complexity index is 926. The van der Waals surface area contributed by atoms with Crippen LogP contribution in [0.1, 0.15) is 24.8 Å². The molecule has 8 nitrogen and oxygen atoms in total. The van der Waals surface area contributed by atoms with Crippen LogP contribution in [0.2, 0.25) is 0 Å². The number of benzene rings is 1. The Morgan fingerprint density at radius 2 is 2.09 bits per heavy atom. The molecule has 32 heavy (non-hydrogen) atoms. The zero-order valence-electron chi connectivity index (χ0n) is 17.4. The number of aliphatic hydroxyl groups is 3. The first kappa shape index (κ1) is 24.6. The van der Waals surface area contributed by atoms with Crippen LogP contribution in [0, 0.1) is 0 Å². The Kier molecular flexibility index (Phi) is 7.93. The van der Waals surface area contributed by atoms with Gasteiger partial charge in [0.25, 0.3) is 0 Å². The van der Waals surface area contributed by atoms with Crippen LogP contribution in [0.4, 0.5) is 13.2 Å². The van der Waals surface area contributed by atoms with Gasteiger partial charge in [0.05, 0.1) is 40.0 Å². The van der Waals surface area contributed by atoms with Gasteiger partial charge in [-0.05, 0) is 25.1 Å². The lowest BCUT2D eigenvalue weighted by atomic mass is 9.92. The number of ether oxygens (including phenoxy) is 1. The zero-order chi connectivity index (χ0) is 23.5. The Morgan fingerprint density at radius 3 is 2.75 bits per heavy atom. The average molecular weight is 478 g/mol. The van der Waals surface area contributed by atoms with Crippen molar-refractivity contribution in [1.29, 1.82) is 0 Å². The van der Waals surface area contributed by atoms with E-state index >= 15 is 0 Å². The van der Waals surface area contributed by atoms with E-state index in [1.54, 1.807) is 6.92 Å². The third kappa shape index (κ3) is 6.07. The number of rotatable bonds is 8. The summed E-state index contributed by atoms with van der Waals surface area (Å²) in [4.78, 5) is 17.9. The fraction of sp³-hybridized carbons (Fsp3) is 0.600. The normalized spacial score (nSPS) is 24.6. The molecule has 1 aromatic carbocycles. The van der Waals surface area contributed by atoms with Gasteiger partial charge in [0.1, 0.15) is 11.9 Å². The number of alkyl halides is 3. The number of carbonyl (C=O) groups is 1. The molecule has 0 saturated carbocycles. The minimum atomic E-state index is -4.77. The molecule has 0 aliphatic carbocycles. The monoisotopic (exact) mass is 477 g/mol. The predicted octanol–water partition coefficient (Wildman–Crippen LogP) is 1.42. The second kappa shape index (κ2) is 10.3. The fourth-order valence-corrected chi connectivity index (χ4v) is 4.78. The van der Waals surface area contributed by atoms with Crippen LogP contribution in [0.15, 0.2) is 18.2 Å². The number of carbonyl (C=O) groups excluding carboxylic acids is 1. The maximum absolute atomic E-state index is 12.4. The van der Waals surface area contributed by atoms with E-state index in [1.165, 1.54) is 29.5 Å². The summed E-state index contributed by atoms with van der Waals surface area (Å²) in [7, 11) is 0. The quantitative estimate of drug-likeness (QED) is 0.455. The van der Waals surface area contributed by atoms with E-state index in [0.717, 1.165) is 9.71 Å². The van der Waals surface area contributed by atoms with Crippen molar-refractivity contribution in [3.8, 4) is 5.75 Å². The second-order valence-corrected chi connectivity index (χ2v) is 8.76. The molecule has 0 spiro atoms. The van der Waals surface area contributed by atoms with Crippen molar-refractivity contribution in [2.45, 2.75) is 56.8 Å². The van der Waals surface area contributed by atoms with E-state index in [0.29, 0.717) is 24.9 Å². The Morgan fingerprint density at radius 1 is 1.34 bits per heavy atom. The van der Waals surface area contributed by atoms with Crippen LogP contribution in [0.3, 0.4) is 0 Å². The smallest absolute Gasteiger partial charge is 0.406 e. The van der Waals surface area contributed by atoms with Crippen LogP contribution < -0.4 is 10.1 Å². The van der Waals surface area contributed by atoms with Gasteiger partial charge < -0.3 is 25.4 Å². The van der Waals surface area contributed by atoms with Crippen molar-refractivity contribution < 1.29 is 38.0 Å². The van der Waals surface area contributed by atoms with Crippen molar-refractivity contribution in [3.05, 3.63) is 23.2 Å². The molecular formula is C20H26F3N3O5S. The summed E-state index contributed by atoms with van der Waals surface area (Å²) in [6, 6.07) is 2.69. The van der Waals surface area contributed by atoms with Gasteiger partial charge in [0.2, 0.25) is 5.91 Å². The summed E-state index contributed by atoms with van der Waals surface area (Å²) in [6.07, 6.45) is -5.79. The first-order valence-electron chi connectivity index (χ1n) is 10.3. The van der Waals surface area contributed by atoms with Crippen molar-refractivity contribution in [2.75, 3.05) is 19.7 Å². The minimum absolute atomic E-state index is 0.244. The number of thiazole rings is 1. The molecule has 1 saturated heterocycles. The van der Waals surface area contributed by atoms with Gasteiger partial charge in [-0.25, -0.2) is 4.98 Å². The molecule has 1 amide bonds. The van der Waals surface area contributed by atoms with E-state index in [-0.39, 0.29) is 31.2 Å². The minimum Gasteiger partial charge on any atom is -0.406 e. The molecule has 12 heteroatoms. The Labute approximate surface area is 186 Å². The highest BCUT2D eigenvalue weighted by atomic mass is 32.1. The summed E-state index contributed by atoms with van der Waals surface area (Å²) < 4.78 is 41.9. The molecule has 178 valence electrons. The van der Waals surface area contributed by atoms with Crippen molar-refractivity contribution in [1.82, 2.24) is 15.2 Å². The van der Waals surface area contributed by atoms with Crippen molar-refractivity contribution in [3.63, 3.8) is 0 Å². The summed E-state index contributed by atoms with van der Waals surface area (Å²) in [5.74, 6) is -0.569. The van der Waals surface area contributed by atoms with Crippen LogP contribution in [-0.4, -0.2) is 81.5 Å². The van der Waals surface area contributed by atoms with Gasteiger partial charge >= 0.3 is 6.36 Å². The number of aromatic nitrogens is 1. The van der Waals surface area contributed by atoms with Crippen molar-refractivity contribution in [2.24, 2.45) is 0 Å². The highest BCUT2D eigenvalue weighted by molar-refractivity contribution is 7.18. The molecule has 2 aromatic rings. The SMILES string of the molecule is CCC(=O)N[C@H]1CN(CCCc2nc3cc(OC(F)(F)F)ccc3s2)[C@H](CO)[C@@H](O)[C@@H]1O. The molecule has 1 aliphatic heterocycles. The lowest BCUT2D eigenvalue weighted by Crippen LogP contribution is -2.66. The molecular weight excluding hydrogens is 451 g/mol. The number of amides is 1. The summed E-state index contributed by atoms with van der Waals surface area (Å²) in [5.41, 5.74) is 0.416. The van der Waals surface area contributed by atoms with Crippen LogP contribution in [0.5, 0.6) is 5.75 Å². The Hall–Kier alpha value is -1.99. The van der Waals surface area contributed by atoms with E-state index < -0.39 is 30.7 Å². The molecule has 1 aromatic heterocycles. The number of aliphatic hydroxyl groups excluding tert-OH is 3. The van der Waals surface area contributed by atoms with E-state index in [2.05, 4.69) is 15.0 Å². The van der Waals surface area contributed by atoms with Crippen LogP contribution in [-0.2, 0) is 11.2 Å². The second-order valence-electron chi connectivity index (χ2n) is 7.64. The summed E-state index contributed by atoms with van der Waals surface area (Å²) >= 11 is 1.37. The summed E-state index contributed by atoms with van der Waals surface area (Å²) in [5, 5.41) is 33.8. The zero-order valence-corrected chi connectivity index (χ0v) is 18.2. The third-order valence-electron chi connectivity index (χ3n) is 5.38. The highest BCUT2D eigenvalue weighted by Gasteiger charge is 2.41. The van der Waals surface area contributed by atoms with Gasteiger partial charge in [0, 0.05) is 25.5 Å². The number of nitrogens with zero attached hydrogens (tertiary/aromatic N) is 2. The van der Waals surface area contributed by atoms with Gasteiger partial charge in [-0.2, -0.15) is 0 Å². The molecule has 1 aliphatic rings. The molecule has 3 rings (SSSR count).